The molecule has 13 aromatic rings. The Morgan fingerprint density at radius 3 is 1.19 bits per heavy atom. The summed E-state index contributed by atoms with van der Waals surface area (Å²) in [5.41, 5.74) is 18.1. The van der Waals surface area contributed by atoms with E-state index in [1.54, 1.807) is 0 Å². The smallest absolute Gasteiger partial charge is 0.230 e. The van der Waals surface area contributed by atoms with Crippen LogP contribution in [0, 0.1) is 17.9 Å². The second kappa shape index (κ2) is 17.6. The zero-order valence-electron chi connectivity index (χ0n) is 42.4. The second-order valence-electron chi connectivity index (χ2n) is 20.6. The van der Waals surface area contributed by atoms with Crippen LogP contribution in [0.5, 0.6) is 0 Å². The Bertz CT molecular complexity index is 4350. The number of nitriles is 1. The minimum Gasteiger partial charge on any atom is -0.454 e. The highest BCUT2D eigenvalue weighted by molar-refractivity contribution is 6.13. The second-order valence-corrected chi connectivity index (χ2v) is 20.6. The van der Waals surface area contributed by atoms with E-state index in [0.29, 0.717) is 22.5 Å². The van der Waals surface area contributed by atoms with Gasteiger partial charge in [-0.3, -0.25) is 0 Å². The highest BCUT2D eigenvalue weighted by atomic mass is 16.5. The normalized spacial score (nSPS) is 15.2. The van der Waals surface area contributed by atoms with Crippen molar-refractivity contribution in [1.29, 1.82) is 5.26 Å². The largest absolute Gasteiger partial charge is 0.454 e. The Labute approximate surface area is 455 Å². The van der Waals surface area contributed by atoms with Crippen LogP contribution >= 0.6 is 0 Å². The maximum absolute atomic E-state index is 12.4. The summed E-state index contributed by atoms with van der Waals surface area (Å²) < 4.78 is 22.2. The van der Waals surface area contributed by atoms with Gasteiger partial charge in [0, 0.05) is 55.9 Å². The molecule has 0 amide bonds. The van der Waals surface area contributed by atoms with Gasteiger partial charge in [-0.2, -0.15) is 5.26 Å². The molecule has 0 N–H and O–H groups in total. The van der Waals surface area contributed by atoms with E-state index in [-0.39, 0.29) is 23.1 Å². The number of rotatable bonds is 8. The lowest BCUT2D eigenvalue weighted by Gasteiger charge is -2.35. The molecule has 2 atom stereocenters. The van der Waals surface area contributed by atoms with Gasteiger partial charge >= 0.3 is 0 Å². The van der Waals surface area contributed by atoms with Gasteiger partial charge in [0.15, 0.2) is 11.2 Å². The minimum atomic E-state index is -0.717. The third kappa shape index (κ3) is 6.49. The van der Waals surface area contributed by atoms with Crippen molar-refractivity contribution >= 4 is 83.7 Å². The summed E-state index contributed by atoms with van der Waals surface area (Å²) in [5, 5.41) is 16.3. The third-order valence-electron chi connectivity index (χ3n) is 16.7. The zero-order chi connectivity index (χ0) is 52.3. The number of ether oxygens (including phenoxy) is 1. The molecular weight excluding hydrogens is 969 g/mol. The first-order valence-corrected chi connectivity index (χ1v) is 26.7. The van der Waals surface area contributed by atoms with Gasteiger partial charge < -0.3 is 23.4 Å². The van der Waals surface area contributed by atoms with E-state index in [4.69, 9.17) is 13.6 Å². The first-order valence-electron chi connectivity index (χ1n) is 26.7. The molecule has 3 heterocycles. The van der Waals surface area contributed by atoms with Gasteiger partial charge in [-0.15, -0.1) is 0 Å². The van der Waals surface area contributed by atoms with Crippen molar-refractivity contribution in [2.75, 3.05) is 9.80 Å². The van der Waals surface area contributed by atoms with Crippen molar-refractivity contribution in [3.8, 4) is 28.3 Å². The molecule has 2 aromatic heterocycles. The molecule has 2 unspecified atom stereocenters. The Hall–Kier alpha value is -10.4. The van der Waals surface area contributed by atoms with Crippen molar-refractivity contribution < 1.29 is 13.6 Å². The molecule has 11 aromatic carbocycles. The predicted octanol–water partition coefficient (Wildman–Crippen LogP) is 19.6. The number of fused-ring (bicyclic) bond motifs is 13. The number of anilines is 6. The monoisotopic (exact) mass is 1010 g/mol. The lowest BCUT2D eigenvalue weighted by Crippen LogP contribution is -2.20. The Morgan fingerprint density at radius 2 is 0.759 bits per heavy atom. The van der Waals surface area contributed by atoms with E-state index in [0.717, 1.165) is 111 Å². The zero-order valence-corrected chi connectivity index (χ0v) is 42.4. The van der Waals surface area contributed by atoms with Crippen LogP contribution in [0.3, 0.4) is 0 Å². The summed E-state index contributed by atoms with van der Waals surface area (Å²) in [5.74, 6) is -0.687. The molecule has 0 radical (unpaired) electrons. The fourth-order valence-electron chi connectivity index (χ4n) is 13.6. The Balaban J connectivity index is 1.11. The Morgan fingerprint density at radius 1 is 0.392 bits per heavy atom. The van der Waals surface area contributed by atoms with Gasteiger partial charge in [-0.1, -0.05) is 194 Å². The number of hydrogen-bond acceptors (Lipinski definition) is 6. The third-order valence-corrected chi connectivity index (χ3v) is 16.7. The van der Waals surface area contributed by atoms with Crippen molar-refractivity contribution in [3.63, 3.8) is 0 Å². The molecule has 7 heteroatoms. The van der Waals surface area contributed by atoms with E-state index in [1.165, 1.54) is 0 Å². The van der Waals surface area contributed by atoms with Crippen molar-refractivity contribution in [3.05, 3.63) is 293 Å². The molecule has 0 saturated heterocycles. The molecule has 79 heavy (non-hydrogen) atoms. The number of furan rings is 2. The first-order chi connectivity index (χ1) is 39.2. The minimum absolute atomic E-state index is 0.187. The van der Waals surface area contributed by atoms with Gasteiger partial charge in [-0.05, 0) is 93.0 Å². The SMILES string of the molecule is [C-]#[N+]c1c(C#N)c(N(c2ccccc2)c2cccc3c2oc2ccccc23)c2c(c1N(c1ccccc1)c1cccc3c1oc1ccccc13)C(C1c3ccccc3-c3ccccc31)OC2C1c2ccccc2-c2ccccc21. The topological polar surface area (TPSA) is 70.1 Å². The molecule has 1 aliphatic heterocycles. The fraction of sp³-hybridized carbons (Fsp3) is 0.0556. The summed E-state index contributed by atoms with van der Waals surface area (Å²) in [6.45, 7) is 9.68. The molecule has 16 rings (SSSR count). The quantitative estimate of drug-likeness (QED) is 0.141. The van der Waals surface area contributed by atoms with Crippen LogP contribution in [0.2, 0.25) is 0 Å². The van der Waals surface area contributed by atoms with E-state index in [1.807, 2.05) is 72.8 Å². The van der Waals surface area contributed by atoms with Crippen molar-refractivity contribution in [2.45, 2.75) is 24.0 Å². The van der Waals surface area contributed by atoms with Crippen molar-refractivity contribution in [1.82, 2.24) is 0 Å². The van der Waals surface area contributed by atoms with E-state index in [2.05, 4.69) is 191 Å². The molecule has 2 aliphatic carbocycles. The molecule has 370 valence electrons. The fourth-order valence-corrected chi connectivity index (χ4v) is 13.6. The molecule has 3 aliphatic rings. The molecular formula is C72H44N4O3. The number of benzene rings is 11. The summed E-state index contributed by atoms with van der Waals surface area (Å²) in [6, 6.07) is 86.5. The Kier molecular flexibility index (Phi) is 9.96. The van der Waals surface area contributed by atoms with Gasteiger partial charge in [0.2, 0.25) is 5.69 Å². The average Bonchev–Trinajstić information content (AvgIpc) is 4.54. The van der Waals surface area contributed by atoms with Gasteiger partial charge in [0.25, 0.3) is 0 Å². The summed E-state index contributed by atoms with van der Waals surface area (Å²) >= 11 is 0. The highest BCUT2D eigenvalue weighted by Gasteiger charge is 2.52. The van der Waals surface area contributed by atoms with E-state index >= 15 is 0 Å². The molecule has 0 spiro atoms. The maximum atomic E-state index is 12.4. The van der Waals surface area contributed by atoms with Gasteiger partial charge in [0.1, 0.15) is 11.2 Å². The number of nitrogens with zero attached hydrogens (tertiary/aromatic N) is 4. The van der Waals surface area contributed by atoms with Crippen LogP contribution in [-0.2, 0) is 4.74 Å². The average molecular weight is 1010 g/mol. The summed E-state index contributed by atoms with van der Waals surface area (Å²) in [4.78, 5) is 8.99. The first kappa shape index (κ1) is 44.8. The number of hydrogen-bond donors (Lipinski definition) is 0. The number of para-hydroxylation sites is 6. The molecule has 0 fully saturated rings. The summed E-state index contributed by atoms with van der Waals surface area (Å²) in [6.07, 6.45) is -1.43. The predicted molar refractivity (Wildman–Crippen MR) is 315 cm³/mol. The lowest BCUT2D eigenvalue weighted by atomic mass is 9.80. The van der Waals surface area contributed by atoms with E-state index < -0.39 is 12.2 Å². The molecule has 7 nitrogen and oxygen atoms in total. The van der Waals surface area contributed by atoms with Crippen molar-refractivity contribution in [2.24, 2.45) is 0 Å². The standard InChI is InChI=1S/C72H44N4O3/c1-74-66-57(42-73)67(75(43-22-4-2-5-23-43)58-38-20-36-55-49-30-16-18-40-60(49)77-69(55)58)64-65(68(66)76(44-24-6-3-7-25-44)59-39-21-37-56-50-31-17-19-41-61(50)78-70(56)59)72(63-53-34-14-10-28-47(53)48-29-11-15-35-54(48)63)79-71(64)62-51-32-12-8-26-45(51)46-27-9-13-33-52(46)62/h2-41,62-63,71-72H. The molecule has 0 bridgehead atoms. The van der Waals surface area contributed by atoms with Crippen LogP contribution in [0.4, 0.5) is 39.8 Å². The lowest BCUT2D eigenvalue weighted by molar-refractivity contribution is -0.00450. The van der Waals surface area contributed by atoms with E-state index in [9.17, 15) is 11.8 Å². The van der Waals surface area contributed by atoms with Crippen LogP contribution in [0.25, 0.3) is 71.0 Å². The van der Waals surface area contributed by atoms with Crippen LogP contribution in [0.15, 0.2) is 251 Å². The molecule has 0 saturated carbocycles. The van der Waals surface area contributed by atoms with Crippen LogP contribution in [0.1, 0.15) is 63.0 Å². The van der Waals surface area contributed by atoms with Gasteiger partial charge in [0.05, 0.1) is 53.2 Å². The van der Waals surface area contributed by atoms with Crippen LogP contribution < -0.4 is 9.80 Å². The maximum Gasteiger partial charge on any atom is 0.230 e. The van der Waals surface area contributed by atoms with Gasteiger partial charge in [-0.25, -0.2) is 4.85 Å². The van der Waals surface area contributed by atoms with Crippen LogP contribution in [-0.4, -0.2) is 0 Å². The highest BCUT2D eigenvalue weighted by Crippen LogP contribution is 2.68. The summed E-state index contributed by atoms with van der Waals surface area (Å²) in [7, 11) is 0.